The molecule has 0 aliphatic heterocycles. The van der Waals surface area contributed by atoms with Crippen molar-refractivity contribution in [2.24, 2.45) is 0 Å². The highest BCUT2D eigenvalue weighted by molar-refractivity contribution is 5.80. The van der Waals surface area contributed by atoms with Crippen LogP contribution in [-0.4, -0.2) is 50.5 Å². The Balaban J connectivity index is 3.23. The Morgan fingerprint density at radius 2 is 2.21 bits per heavy atom. The lowest BCUT2D eigenvalue weighted by molar-refractivity contribution is -0.122. The third-order valence-electron chi connectivity index (χ3n) is 1.79. The third-order valence-corrected chi connectivity index (χ3v) is 1.79. The van der Waals surface area contributed by atoms with Crippen LogP contribution < -0.4 is 10.6 Å². The molecule has 0 aliphatic rings. The van der Waals surface area contributed by atoms with E-state index in [1.165, 1.54) is 0 Å². The Morgan fingerprint density at radius 1 is 1.50 bits per heavy atom. The quantitative estimate of drug-likeness (QED) is 0.449. The van der Waals surface area contributed by atoms with Crippen LogP contribution in [0.1, 0.15) is 13.3 Å². The van der Waals surface area contributed by atoms with Crippen LogP contribution in [0.3, 0.4) is 0 Å². The summed E-state index contributed by atoms with van der Waals surface area (Å²) in [5.41, 5.74) is 0. The lowest BCUT2D eigenvalue weighted by Crippen LogP contribution is -2.41. The zero-order chi connectivity index (χ0) is 10.8. The summed E-state index contributed by atoms with van der Waals surface area (Å²) in [6.45, 7) is 3.59. The number of aliphatic hydroxyl groups excluding tert-OH is 1. The minimum absolute atomic E-state index is 0.0127. The van der Waals surface area contributed by atoms with Gasteiger partial charge in [0.15, 0.2) is 0 Å². The summed E-state index contributed by atoms with van der Waals surface area (Å²) in [6, 6.07) is -0.169. The molecule has 3 N–H and O–H groups in total. The van der Waals surface area contributed by atoms with Crippen LogP contribution in [0.5, 0.6) is 0 Å². The monoisotopic (exact) mass is 204 g/mol. The second kappa shape index (κ2) is 8.93. The molecule has 0 heterocycles. The van der Waals surface area contributed by atoms with Crippen LogP contribution in [0, 0.1) is 0 Å². The van der Waals surface area contributed by atoms with Crippen LogP contribution in [0.15, 0.2) is 0 Å². The fourth-order valence-electron chi connectivity index (χ4n) is 0.969. The summed E-state index contributed by atoms with van der Waals surface area (Å²) in [7, 11) is 1.62. The van der Waals surface area contributed by atoms with Crippen LogP contribution in [0.2, 0.25) is 0 Å². The average Bonchev–Trinajstić information content (AvgIpc) is 2.21. The van der Waals surface area contributed by atoms with Gasteiger partial charge in [-0.15, -0.1) is 0 Å². The summed E-state index contributed by atoms with van der Waals surface area (Å²) < 4.78 is 5.06. The highest BCUT2D eigenvalue weighted by Crippen LogP contribution is 1.84. The number of likely N-dealkylation sites (N-methyl/N-ethyl adjacent to an activating group) is 1. The van der Waals surface area contributed by atoms with Gasteiger partial charge in [0.2, 0.25) is 5.91 Å². The van der Waals surface area contributed by atoms with Crippen LogP contribution in [0.25, 0.3) is 0 Å². The average molecular weight is 204 g/mol. The van der Waals surface area contributed by atoms with Gasteiger partial charge in [0.25, 0.3) is 0 Å². The molecule has 0 rings (SSSR count). The summed E-state index contributed by atoms with van der Waals surface area (Å²) in [5, 5.41) is 14.0. The molecule has 0 radical (unpaired) electrons. The first kappa shape index (κ1) is 13.4. The number of rotatable bonds is 8. The first-order valence-electron chi connectivity index (χ1n) is 4.86. The zero-order valence-electron chi connectivity index (χ0n) is 8.88. The Bertz CT molecular complexity index is 153. The van der Waals surface area contributed by atoms with E-state index in [0.717, 1.165) is 13.0 Å². The van der Waals surface area contributed by atoms with Crippen molar-refractivity contribution < 1.29 is 14.6 Å². The topological polar surface area (TPSA) is 70.6 Å². The van der Waals surface area contributed by atoms with Gasteiger partial charge >= 0.3 is 0 Å². The van der Waals surface area contributed by atoms with Gasteiger partial charge in [-0.1, -0.05) is 0 Å². The van der Waals surface area contributed by atoms with Gasteiger partial charge in [-0.3, -0.25) is 4.79 Å². The van der Waals surface area contributed by atoms with E-state index in [0.29, 0.717) is 13.2 Å². The van der Waals surface area contributed by atoms with Crippen LogP contribution in [-0.2, 0) is 9.53 Å². The minimum atomic E-state index is -0.169. The molecule has 0 spiro atoms. The highest BCUT2D eigenvalue weighted by atomic mass is 16.5. The maximum Gasteiger partial charge on any atom is 0.236 e. The number of nitrogens with one attached hydrogen (secondary N) is 2. The molecule has 0 fully saturated rings. The molecule has 14 heavy (non-hydrogen) atoms. The largest absolute Gasteiger partial charge is 0.394 e. The number of hydrogen-bond donors (Lipinski definition) is 3. The van der Waals surface area contributed by atoms with Crippen molar-refractivity contribution in [2.45, 2.75) is 19.4 Å². The fraction of sp³-hybridized carbons (Fsp3) is 0.889. The van der Waals surface area contributed by atoms with Crippen LogP contribution >= 0.6 is 0 Å². The van der Waals surface area contributed by atoms with Gasteiger partial charge in [0.05, 0.1) is 19.3 Å². The van der Waals surface area contributed by atoms with E-state index in [9.17, 15) is 4.79 Å². The molecule has 0 aromatic heterocycles. The third kappa shape index (κ3) is 6.82. The van der Waals surface area contributed by atoms with Gasteiger partial charge in [-0.05, 0) is 19.9 Å². The molecular formula is C9H20N2O3. The van der Waals surface area contributed by atoms with Crippen molar-refractivity contribution in [3.63, 3.8) is 0 Å². The second-order valence-corrected chi connectivity index (χ2v) is 2.98. The molecule has 0 aromatic carbocycles. The Kier molecular flexibility index (Phi) is 8.51. The van der Waals surface area contributed by atoms with Crippen LogP contribution in [0.4, 0.5) is 0 Å². The molecule has 1 amide bonds. The maximum absolute atomic E-state index is 11.0. The molecule has 0 bridgehead atoms. The Labute approximate surface area is 84.8 Å². The van der Waals surface area contributed by atoms with E-state index in [1.54, 1.807) is 7.05 Å². The van der Waals surface area contributed by atoms with Crippen molar-refractivity contribution in [1.29, 1.82) is 0 Å². The molecule has 5 nitrogen and oxygen atoms in total. The van der Waals surface area contributed by atoms with Gasteiger partial charge in [0.1, 0.15) is 0 Å². The second-order valence-electron chi connectivity index (χ2n) is 2.98. The summed E-state index contributed by atoms with van der Waals surface area (Å²) in [5.74, 6) is -0.0127. The van der Waals surface area contributed by atoms with E-state index >= 15 is 0 Å². The van der Waals surface area contributed by atoms with E-state index < -0.39 is 0 Å². The molecular weight excluding hydrogens is 184 g/mol. The SMILES string of the molecule is CNC(=O)C(C)NCCCOCCO. The Hall–Kier alpha value is -0.650. The van der Waals surface area contributed by atoms with Gasteiger partial charge < -0.3 is 20.5 Å². The zero-order valence-corrected chi connectivity index (χ0v) is 8.88. The van der Waals surface area contributed by atoms with E-state index in [1.807, 2.05) is 6.92 Å². The summed E-state index contributed by atoms with van der Waals surface area (Å²) in [4.78, 5) is 11.0. The summed E-state index contributed by atoms with van der Waals surface area (Å²) >= 11 is 0. The number of carbonyl (C=O) groups excluding carboxylic acids is 1. The molecule has 84 valence electrons. The van der Waals surface area contributed by atoms with Gasteiger partial charge in [-0.2, -0.15) is 0 Å². The van der Waals surface area contributed by atoms with Crippen molar-refractivity contribution in [3.05, 3.63) is 0 Å². The molecule has 1 atom stereocenters. The fourth-order valence-corrected chi connectivity index (χ4v) is 0.969. The summed E-state index contributed by atoms with van der Waals surface area (Å²) in [6.07, 6.45) is 0.835. The van der Waals surface area contributed by atoms with E-state index in [4.69, 9.17) is 9.84 Å². The number of aliphatic hydroxyl groups is 1. The lowest BCUT2D eigenvalue weighted by atomic mass is 10.3. The molecule has 5 heteroatoms. The van der Waals surface area contributed by atoms with Crippen molar-refractivity contribution >= 4 is 5.91 Å². The van der Waals surface area contributed by atoms with Crippen molar-refractivity contribution in [1.82, 2.24) is 10.6 Å². The number of amides is 1. The predicted molar refractivity (Wildman–Crippen MR) is 54.1 cm³/mol. The molecule has 0 saturated carbocycles. The standard InChI is InChI=1S/C9H20N2O3/c1-8(9(13)10-2)11-4-3-6-14-7-5-12/h8,11-12H,3-7H2,1-2H3,(H,10,13). The molecule has 0 aliphatic carbocycles. The van der Waals surface area contributed by atoms with Crippen molar-refractivity contribution in [2.75, 3.05) is 33.4 Å². The highest BCUT2D eigenvalue weighted by Gasteiger charge is 2.08. The van der Waals surface area contributed by atoms with Crippen molar-refractivity contribution in [3.8, 4) is 0 Å². The number of ether oxygens (including phenoxy) is 1. The van der Waals surface area contributed by atoms with Gasteiger partial charge in [0, 0.05) is 13.7 Å². The first-order chi connectivity index (χ1) is 6.72. The lowest BCUT2D eigenvalue weighted by Gasteiger charge is -2.11. The van der Waals surface area contributed by atoms with Gasteiger partial charge in [-0.25, -0.2) is 0 Å². The minimum Gasteiger partial charge on any atom is -0.394 e. The maximum atomic E-state index is 11.0. The number of hydrogen-bond acceptors (Lipinski definition) is 4. The number of carbonyl (C=O) groups is 1. The predicted octanol–water partition coefficient (Wildman–Crippen LogP) is -0.890. The smallest absolute Gasteiger partial charge is 0.236 e. The molecule has 0 saturated heterocycles. The van der Waals surface area contributed by atoms with E-state index in [-0.39, 0.29) is 18.6 Å². The first-order valence-corrected chi connectivity index (χ1v) is 4.86. The van der Waals surface area contributed by atoms with E-state index in [2.05, 4.69) is 10.6 Å². The normalized spacial score (nSPS) is 12.5. The molecule has 1 unspecified atom stereocenters. The Morgan fingerprint density at radius 3 is 2.79 bits per heavy atom. The molecule has 0 aromatic rings.